The van der Waals surface area contributed by atoms with Gasteiger partial charge in [-0.15, -0.1) is 0 Å². The van der Waals surface area contributed by atoms with Gasteiger partial charge in [0.1, 0.15) is 17.9 Å². The van der Waals surface area contributed by atoms with Gasteiger partial charge >= 0.3 is 0 Å². The molecule has 1 aliphatic heterocycles. The summed E-state index contributed by atoms with van der Waals surface area (Å²) in [5.41, 5.74) is 1.48. The van der Waals surface area contributed by atoms with Crippen LogP contribution in [0.25, 0.3) is 11.0 Å². The van der Waals surface area contributed by atoms with E-state index >= 15 is 0 Å². The molecular formula is C22H23NO5. The Balaban J connectivity index is 1.50. The van der Waals surface area contributed by atoms with Crippen molar-refractivity contribution in [2.24, 2.45) is 0 Å². The highest BCUT2D eigenvalue weighted by molar-refractivity contribution is 5.99. The lowest BCUT2D eigenvalue weighted by molar-refractivity contribution is 0.0502. The molecule has 6 heteroatoms. The average molecular weight is 381 g/mol. The van der Waals surface area contributed by atoms with Crippen LogP contribution in [0.15, 0.2) is 46.9 Å². The van der Waals surface area contributed by atoms with Gasteiger partial charge in [-0.1, -0.05) is 12.1 Å². The number of aryl methyl sites for hydroxylation is 1. The molecule has 0 aliphatic carbocycles. The minimum absolute atomic E-state index is 0.186. The van der Waals surface area contributed by atoms with Gasteiger partial charge in [0, 0.05) is 18.0 Å². The van der Waals surface area contributed by atoms with Crippen LogP contribution in [0.5, 0.6) is 17.2 Å². The van der Waals surface area contributed by atoms with Crippen molar-refractivity contribution in [3.05, 3.63) is 53.8 Å². The number of benzene rings is 2. The van der Waals surface area contributed by atoms with Crippen LogP contribution in [0, 0.1) is 6.92 Å². The lowest BCUT2D eigenvalue weighted by atomic mass is 10.1. The Labute approximate surface area is 163 Å². The van der Waals surface area contributed by atoms with Gasteiger partial charge < -0.3 is 23.5 Å². The van der Waals surface area contributed by atoms with Crippen LogP contribution in [-0.4, -0.2) is 43.7 Å². The molecule has 2 heterocycles. The second kappa shape index (κ2) is 7.46. The lowest BCUT2D eigenvalue weighted by Gasteiger charge is -2.29. The molecule has 1 amide bonds. The van der Waals surface area contributed by atoms with Gasteiger partial charge in [-0.3, -0.25) is 4.79 Å². The first-order valence-electron chi connectivity index (χ1n) is 9.36. The summed E-state index contributed by atoms with van der Waals surface area (Å²) in [6.07, 6.45) is -0.238. The van der Waals surface area contributed by atoms with Gasteiger partial charge in [0.05, 0.1) is 13.2 Å². The lowest BCUT2D eigenvalue weighted by Crippen LogP contribution is -2.41. The largest absolute Gasteiger partial charge is 0.494 e. The molecule has 1 aromatic heterocycles. The smallest absolute Gasteiger partial charge is 0.289 e. The van der Waals surface area contributed by atoms with Crippen molar-refractivity contribution in [1.82, 2.24) is 4.90 Å². The number of hydrogen-bond donors (Lipinski definition) is 0. The second-order valence-corrected chi connectivity index (χ2v) is 6.83. The normalized spacial score (nSPS) is 15.5. The van der Waals surface area contributed by atoms with E-state index in [1.165, 1.54) is 0 Å². The van der Waals surface area contributed by atoms with Crippen molar-refractivity contribution in [3.63, 3.8) is 0 Å². The third-order valence-corrected chi connectivity index (χ3v) is 4.80. The van der Waals surface area contributed by atoms with Crippen molar-refractivity contribution in [2.75, 3.05) is 26.8 Å². The van der Waals surface area contributed by atoms with Crippen LogP contribution in [0.2, 0.25) is 0 Å². The minimum atomic E-state index is -0.238. The second-order valence-electron chi connectivity index (χ2n) is 6.83. The zero-order valence-corrected chi connectivity index (χ0v) is 16.2. The summed E-state index contributed by atoms with van der Waals surface area (Å²) in [6, 6.07) is 13.1. The summed E-state index contributed by atoms with van der Waals surface area (Å²) in [7, 11) is 1.74. The number of nitrogens with zero attached hydrogens (tertiary/aromatic N) is 1. The van der Waals surface area contributed by atoms with Gasteiger partial charge in [0.2, 0.25) is 0 Å². The Hall–Kier alpha value is -3.15. The molecule has 6 nitrogen and oxygen atoms in total. The number of carbonyl (C=O) groups is 1. The molecule has 1 unspecified atom stereocenters. The van der Waals surface area contributed by atoms with Crippen molar-refractivity contribution in [2.45, 2.75) is 20.0 Å². The average Bonchev–Trinajstić information content (AvgIpc) is 3.04. The topological polar surface area (TPSA) is 61.1 Å². The molecule has 146 valence electrons. The van der Waals surface area contributed by atoms with Crippen LogP contribution < -0.4 is 14.2 Å². The summed E-state index contributed by atoms with van der Waals surface area (Å²) in [6.45, 7) is 5.20. The molecular weight excluding hydrogens is 358 g/mol. The van der Waals surface area contributed by atoms with Gasteiger partial charge in [-0.2, -0.15) is 0 Å². The van der Waals surface area contributed by atoms with E-state index < -0.39 is 0 Å². The molecule has 0 radical (unpaired) electrons. The van der Waals surface area contributed by atoms with E-state index in [2.05, 4.69) is 0 Å². The fourth-order valence-electron chi connectivity index (χ4n) is 3.38. The van der Waals surface area contributed by atoms with E-state index in [9.17, 15) is 4.79 Å². The first-order valence-corrected chi connectivity index (χ1v) is 9.36. The van der Waals surface area contributed by atoms with Crippen LogP contribution in [0.4, 0.5) is 0 Å². The summed E-state index contributed by atoms with van der Waals surface area (Å²) in [5, 5.41) is 0.883. The fraction of sp³-hybridized carbons (Fsp3) is 0.318. The van der Waals surface area contributed by atoms with Crippen molar-refractivity contribution in [3.8, 4) is 17.2 Å². The summed E-state index contributed by atoms with van der Waals surface area (Å²) >= 11 is 0. The molecule has 0 saturated heterocycles. The van der Waals surface area contributed by atoms with E-state index in [0.29, 0.717) is 36.9 Å². The van der Waals surface area contributed by atoms with Crippen LogP contribution in [-0.2, 0) is 0 Å². The summed E-state index contributed by atoms with van der Waals surface area (Å²) < 4.78 is 23.1. The Morgan fingerprint density at radius 1 is 1.21 bits per heavy atom. The number of fused-ring (bicyclic) bond motifs is 2. The highest BCUT2D eigenvalue weighted by Gasteiger charge is 2.27. The standard InChI is InChI=1S/C22H23NO5/c1-4-25-15-9-10-18-17(11-15)14(2)21(28-18)22(24)23(3)12-16-13-26-19-7-5-6-8-20(19)27-16/h5-11,16H,4,12-13H2,1-3H3. The molecule has 0 N–H and O–H groups in total. The van der Waals surface area contributed by atoms with Gasteiger partial charge in [0.25, 0.3) is 5.91 Å². The Morgan fingerprint density at radius 3 is 2.79 bits per heavy atom. The molecule has 0 spiro atoms. The minimum Gasteiger partial charge on any atom is -0.494 e. The first kappa shape index (κ1) is 18.2. The van der Waals surface area contributed by atoms with Crippen molar-refractivity contribution in [1.29, 1.82) is 0 Å². The Morgan fingerprint density at radius 2 is 2.00 bits per heavy atom. The molecule has 0 fully saturated rings. The maximum absolute atomic E-state index is 13.0. The Bertz CT molecular complexity index is 1010. The van der Waals surface area contributed by atoms with Crippen LogP contribution >= 0.6 is 0 Å². The number of ether oxygens (including phenoxy) is 3. The predicted octanol–water partition coefficient (Wildman–Crippen LogP) is 4.05. The van der Waals surface area contributed by atoms with E-state index in [1.54, 1.807) is 11.9 Å². The Kier molecular flexibility index (Phi) is 4.86. The van der Waals surface area contributed by atoms with E-state index in [0.717, 1.165) is 22.4 Å². The quantitative estimate of drug-likeness (QED) is 0.667. The van der Waals surface area contributed by atoms with E-state index in [-0.39, 0.29) is 12.0 Å². The zero-order chi connectivity index (χ0) is 19.7. The molecule has 28 heavy (non-hydrogen) atoms. The highest BCUT2D eigenvalue weighted by atomic mass is 16.6. The molecule has 1 atom stereocenters. The fourth-order valence-corrected chi connectivity index (χ4v) is 3.38. The van der Waals surface area contributed by atoms with E-state index in [4.69, 9.17) is 18.6 Å². The highest BCUT2D eigenvalue weighted by Crippen LogP contribution is 2.32. The molecule has 3 aromatic rings. The van der Waals surface area contributed by atoms with Gasteiger partial charge in [0.15, 0.2) is 23.4 Å². The van der Waals surface area contributed by atoms with Crippen LogP contribution in [0.1, 0.15) is 23.0 Å². The van der Waals surface area contributed by atoms with E-state index in [1.807, 2.05) is 56.3 Å². The predicted molar refractivity (Wildman–Crippen MR) is 105 cm³/mol. The van der Waals surface area contributed by atoms with Gasteiger partial charge in [-0.05, 0) is 44.2 Å². The van der Waals surface area contributed by atoms with Gasteiger partial charge in [-0.25, -0.2) is 0 Å². The maximum Gasteiger partial charge on any atom is 0.289 e. The number of likely N-dealkylation sites (N-methyl/N-ethyl adjacent to an activating group) is 1. The third kappa shape index (κ3) is 3.38. The third-order valence-electron chi connectivity index (χ3n) is 4.80. The zero-order valence-electron chi connectivity index (χ0n) is 16.2. The number of rotatable bonds is 5. The molecule has 0 saturated carbocycles. The summed E-state index contributed by atoms with van der Waals surface area (Å²) in [5.74, 6) is 2.34. The maximum atomic E-state index is 13.0. The monoisotopic (exact) mass is 381 g/mol. The first-order chi connectivity index (χ1) is 13.6. The number of furan rings is 1. The number of amides is 1. The van der Waals surface area contributed by atoms with Crippen molar-refractivity contribution >= 4 is 16.9 Å². The molecule has 2 aromatic carbocycles. The SMILES string of the molecule is CCOc1ccc2oc(C(=O)N(C)CC3COc4ccccc4O3)c(C)c2c1. The molecule has 4 rings (SSSR count). The number of para-hydroxylation sites is 2. The number of hydrogen-bond acceptors (Lipinski definition) is 5. The number of carbonyl (C=O) groups excluding carboxylic acids is 1. The van der Waals surface area contributed by atoms with Crippen LogP contribution in [0.3, 0.4) is 0 Å². The summed E-state index contributed by atoms with van der Waals surface area (Å²) in [4.78, 5) is 14.6. The molecule has 0 bridgehead atoms. The molecule has 1 aliphatic rings. The van der Waals surface area contributed by atoms with Crippen molar-refractivity contribution < 1.29 is 23.4 Å².